The minimum absolute atomic E-state index is 0.242. The highest BCUT2D eigenvalue weighted by molar-refractivity contribution is 7.92. The number of aliphatic hydroxyl groups is 1. The molecule has 0 bridgehead atoms. The predicted molar refractivity (Wildman–Crippen MR) is 59.7 cm³/mol. The van der Waals surface area contributed by atoms with Crippen LogP contribution in [0.3, 0.4) is 0 Å². The molecule has 0 aliphatic rings. The van der Waals surface area contributed by atoms with E-state index >= 15 is 0 Å². The lowest BCUT2D eigenvalue weighted by molar-refractivity contribution is 0.0644. The van der Waals surface area contributed by atoms with Crippen LogP contribution in [0.5, 0.6) is 0 Å². The fraction of sp³-hybridized carbons (Fsp3) is 1.00. The maximum atomic E-state index is 11.3. The summed E-state index contributed by atoms with van der Waals surface area (Å²) in [5, 5.41) is 12.2. The van der Waals surface area contributed by atoms with Crippen LogP contribution in [-0.4, -0.2) is 57.4 Å². The fourth-order valence-electron chi connectivity index (χ4n) is 0.922. The highest BCUT2D eigenvalue weighted by Gasteiger charge is 2.29. The number of sulfone groups is 1. The Kier molecular flexibility index (Phi) is 5.72. The van der Waals surface area contributed by atoms with Gasteiger partial charge in [-0.3, -0.25) is 0 Å². The molecule has 2 N–H and O–H groups in total. The Hall–Kier alpha value is -0.170. The number of rotatable bonds is 7. The minimum Gasteiger partial charge on any atom is -0.389 e. The third-order valence-electron chi connectivity index (χ3n) is 2.29. The molecule has 92 valence electrons. The largest absolute Gasteiger partial charge is 0.389 e. The maximum Gasteiger partial charge on any atom is 0.153 e. The molecule has 0 amide bonds. The molecule has 0 fully saturated rings. The van der Waals surface area contributed by atoms with Crippen LogP contribution in [0.15, 0.2) is 0 Å². The van der Waals surface area contributed by atoms with Gasteiger partial charge in [-0.25, -0.2) is 8.42 Å². The molecule has 6 heteroatoms. The molecule has 0 radical (unpaired) electrons. The zero-order chi connectivity index (χ0) is 12.1. The summed E-state index contributed by atoms with van der Waals surface area (Å²) in [4.78, 5) is 0. The Morgan fingerprint density at radius 2 is 2.00 bits per heavy atom. The van der Waals surface area contributed by atoms with Gasteiger partial charge in [0.1, 0.15) is 0 Å². The molecular weight excluding hydrogens is 218 g/mol. The monoisotopic (exact) mass is 239 g/mol. The molecule has 0 heterocycles. The second kappa shape index (κ2) is 5.79. The van der Waals surface area contributed by atoms with E-state index in [0.29, 0.717) is 13.1 Å². The molecule has 15 heavy (non-hydrogen) atoms. The smallest absolute Gasteiger partial charge is 0.153 e. The zero-order valence-electron chi connectivity index (χ0n) is 9.78. The zero-order valence-corrected chi connectivity index (χ0v) is 10.6. The Balaban J connectivity index is 3.96. The van der Waals surface area contributed by atoms with E-state index in [0.717, 1.165) is 0 Å². The van der Waals surface area contributed by atoms with Gasteiger partial charge in [0, 0.05) is 26.5 Å². The van der Waals surface area contributed by atoms with Crippen molar-refractivity contribution in [2.75, 3.05) is 33.1 Å². The second-order valence-electron chi connectivity index (χ2n) is 4.27. The number of methoxy groups -OCH3 is 1. The van der Waals surface area contributed by atoms with Crippen molar-refractivity contribution in [3.05, 3.63) is 0 Å². The topological polar surface area (TPSA) is 75.6 Å². The summed E-state index contributed by atoms with van der Waals surface area (Å²) in [7, 11) is -1.58. The lowest BCUT2D eigenvalue weighted by atomic mass is 10.2. The van der Waals surface area contributed by atoms with Crippen LogP contribution in [-0.2, 0) is 14.6 Å². The van der Waals surface area contributed by atoms with Gasteiger partial charge in [0.15, 0.2) is 9.84 Å². The van der Waals surface area contributed by atoms with Crippen molar-refractivity contribution in [1.82, 2.24) is 5.32 Å². The van der Waals surface area contributed by atoms with Gasteiger partial charge >= 0.3 is 0 Å². The molecule has 0 aromatic carbocycles. The van der Waals surface area contributed by atoms with Crippen molar-refractivity contribution in [2.45, 2.75) is 24.7 Å². The Morgan fingerprint density at radius 1 is 1.47 bits per heavy atom. The van der Waals surface area contributed by atoms with Crippen molar-refractivity contribution in [3.8, 4) is 0 Å². The molecule has 0 aliphatic heterocycles. The number of hydrogen-bond acceptors (Lipinski definition) is 5. The quantitative estimate of drug-likeness (QED) is 0.621. The normalized spacial score (nSPS) is 15.3. The van der Waals surface area contributed by atoms with E-state index in [1.165, 1.54) is 13.4 Å². The molecule has 0 aromatic rings. The summed E-state index contributed by atoms with van der Waals surface area (Å²) in [6.07, 6.45) is 0.602. The fourth-order valence-corrected chi connectivity index (χ4v) is 1.29. The van der Waals surface area contributed by atoms with Crippen molar-refractivity contribution in [3.63, 3.8) is 0 Å². The van der Waals surface area contributed by atoms with Crippen molar-refractivity contribution in [1.29, 1.82) is 0 Å². The van der Waals surface area contributed by atoms with E-state index in [1.54, 1.807) is 13.8 Å². The molecule has 0 spiro atoms. The summed E-state index contributed by atoms with van der Waals surface area (Å²) in [6.45, 7) is 4.18. The van der Waals surface area contributed by atoms with Gasteiger partial charge in [-0.15, -0.1) is 0 Å². The van der Waals surface area contributed by atoms with Crippen LogP contribution in [0.1, 0.15) is 13.8 Å². The molecule has 1 unspecified atom stereocenters. The van der Waals surface area contributed by atoms with Crippen molar-refractivity contribution >= 4 is 9.84 Å². The Labute approximate surface area is 91.7 Å². The summed E-state index contributed by atoms with van der Waals surface area (Å²) in [5.74, 6) is 0. The van der Waals surface area contributed by atoms with E-state index in [4.69, 9.17) is 4.74 Å². The lowest BCUT2D eigenvalue weighted by Gasteiger charge is -2.23. The van der Waals surface area contributed by atoms with Gasteiger partial charge < -0.3 is 15.2 Å². The highest BCUT2D eigenvalue weighted by Crippen LogP contribution is 2.13. The van der Waals surface area contributed by atoms with Gasteiger partial charge in [-0.1, -0.05) is 0 Å². The molecule has 5 nitrogen and oxygen atoms in total. The van der Waals surface area contributed by atoms with Crippen LogP contribution in [0, 0.1) is 0 Å². The van der Waals surface area contributed by atoms with Gasteiger partial charge in [0.05, 0.1) is 17.5 Å². The number of aliphatic hydroxyl groups excluding tert-OH is 1. The molecule has 0 aromatic heterocycles. The Morgan fingerprint density at radius 3 is 2.40 bits per heavy atom. The SMILES string of the molecule is COCC(O)CNCC(C)(C)S(C)(=O)=O. The second-order valence-corrected chi connectivity index (χ2v) is 6.92. The predicted octanol–water partition coefficient (Wildman–Crippen LogP) is -0.593. The van der Waals surface area contributed by atoms with Crippen LogP contribution < -0.4 is 5.32 Å². The highest BCUT2D eigenvalue weighted by atomic mass is 32.2. The molecular formula is C9H21NO4S. The van der Waals surface area contributed by atoms with Crippen LogP contribution in [0.4, 0.5) is 0 Å². The van der Waals surface area contributed by atoms with E-state index in [1.807, 2.05) is 0 Å². The average molecular weight is 239 g/mol. The van der Waals surface area contributed by atoms with Gasteiger partial charge in [-0.05, 0) is 13.8 Å². The standard InChI is InChI=1S/C9H21NO4S/c1-9(2,15(4,12)13)7-10-5-8(11)6-14-3/h8,10-11H,5-7H2,1-4H3. The van der Waals surface area contributed by atoms with Gasteiger partial charge in [0.25, 0.3) is 0 Å². The maximum absolute atomic E-state index is 11.3. The number of hydrogen-bond donors (Lipinski definition) is 2. The first-order chi connectivity index (χ1) is 6.70. The van der Waals surface area contributed by atoms with E-state index in [2.05, 4.69) is 5.32 Å². The Bertz CT molecular complexity index is 274. The van der Waals surface area contributed by atoms with E-state index in [-0.39, 0.29) is 6.61 Å². The van der Waals surface area contributed by atoms with Crippen molar-refractivity contribution in [2.24, 2.45) is 0 Å². The van der Waals surface area contributed by atoms with Crippen molar-refractivity contribution < 1.29 is 18.3 Å². The summed E-state index contributed by atoms with van der Waals surface area (Å²) >= 11 is 0. The average Bonchev–Trinajstić information content (AvgIpc) is 2.01. The van der Waals surface area contributed by atoms with E-state index < -0.39 is 20.7 Å². The first kappa shape index (κ1) is 14.8. The summed E-state index contributed by atoms with van der Waals surface area (Å²) in [5.41, 5.74) is 0. The number of ether oxygens (including phenoxy) is 1. The molecule has 0 saturated heterocycles. The van der Waals surface area contributed by atoms with E-state index in [9.17, 15) is 13.5 Å². The summed E-state index contributed by atoms with van der Waals surface area (Å²) < 4.78 is 26.6. The van der Waals surface area contributed by atoms with Gasteiger partial charge in [0.2, 0.25) is 0 Å². The summed E-state index contributed by atoms with van der Waals surface area (Å²) in [6, 6.07) is 0. The number of nitrogens with one attached hydrogen (secondary N) is 1. The molecule has 1 atom stereocenters. The molecule has 0 rings (SSSR count). The van der Waals surface area contributed by atoms with Gasteiger partial charge in [-0.2, -0.15) is 0 Å². The third kappa shape index (κ3) is 5.46. The lowest BCUT2D eigenvalue weighted by Crippen LogP contribution is -2.44. The molecule has 0 aliphatic carbocycles. The van der Waals surface area contributed by atoms with Crippen LogP contribution >= 0.6 is 0 Å². The minimum atomic E-state index is -3.09. The first-order valence-corrected chi connectivity index (χ1v) is 6.67. The van der Waals surface area contributed by atoms with Crippen LogP contribution in [0.2, 0.25) is 0 Å². The first-order valence-electron chi connectivity index (χ1n) is 4.78. The van der Waals surface area contributed by atoms with Crippen LogP contribution in [0.25, 0.3) is 0 Å². The molecule has 0 saturated carbocycles. The third-order valence-corrected chi connectivity index (χ3v) is 4.45.